The van der Waals surface area contributed by atoms with E-state index in [1.165, 1.54) is 25.8 Å². The van der Waals surface area contributed by atoms with Crippen molar-refractivity contribution in [3.05, 3.63) is 0 Å². The van der Waals surface area contributed by atoms with Gasteiger partial charge < -0.3 is 20.3 Å². The highest BCUT2D eigenvalue weighted by molar-refractivity contribution is 5.67. The molecule has 1 fully saturated rings. The van der Waals surface area contributed by atoms with Crippen molar-refractivity contribution in [2.24, 2.45) is 0 Å². The summed E-state index contributed by atoms with van der Waals surface area (Å²) in [5.41, 5.74) is -0.515. The number of amides is 1. The first-order valence-corrected chi connectivity index (χ1v) is 9.13. The van der Waals surface area contributed by atoms with Crippen LogP contribution in [0.25, 0.3) is 0 Å². The Morgan fingerprint density at radius 2 is 1.87 bits per heavy atom. The molecule has 23 heavy (non-hydrogen) atoms. The van der Waals surface area contributed by atoms with Gasteiger partial charge in [-0.05, 0) is 60.0 Å². The second-order valence-corrected chi connectivity index (χ2v) is 7.85. The molecule has 1 atom stereocenters. The van der Waals surface area contributed by atoms with Crippen LogP contribution in [0, 0.1) is 0 Å². The van der Waals surface area contributed by atoms with E-state index in [0.29, 0.717) is 12.6 Å². The number of nitrogens with zero attached hydrogens (tertiary/aromatic N) is 1. The molecule has 1 rings (SSSR count). The normalized spacial score (nSPS) is 20.3. The number of nitrogens with one attached hydrogen (secondary N) is 2. The molecule has 0 aromatic heterocycles. The summed E-state index contributed by atoms with van der Waals surface area (Å²) in [6.45, 7) is 12.8. The van der Waals surface area contributed by atoms with Crippen LogP contribution >= 0.6 is 0 Å². The number of carbonyl (C=O) groups excluding carboxylic acids is 1. The Bertz CT molecular complexity index is 362. The lowest BCUT2D eigenvalue weighted by molar-refractivity contribution is 0.0504. The number of ether oxygens (including phenoxy) is 1. The van der Waals surface area contributed by atoms with Gasteiger partial charge in [-0.1, -0.05) is 20.3 Å². The molecule has 0 aromatic carbocycles. The average molecular weight is 328 g/mol. The highest BCUT2D eigenvalue weighted by atomic mass is 16.6. The third kappa shape index (κ3) is 7.08. The third-order valence-electron chi connectivity index (χ3n) is 4.96. The molecule has 5 nitrogen and oxygen atoms in total. The fraction of sp³-hybridized carbons (Fsp3) is 0.944. The van der Waals surface area contributed by atoms with E-state index in [1.807, 2.05) is 20.8 Å². The van der Waals surface area contributed by atoms with Crippen molar-refractivity contribution in [3.63, 3.8) is 0 Å². The quantitative estimate of drug-likeness (QED) is 0.754. The minimum Gasteiger partial charge on any atom is -0.444 e. The first-order chi connectivity index (χ1) is 10.7. The lowest BCUT2D eigenvalue weighted by atomic mass is 9.91. The Morgan fingerprint density at radius 1 is 1.22 bits per heavy atom. The van der Waals surface area contributed by atoms with E-state index >= 15 is 0 Å². The summed E-state index contributed by atoms with van der Waals surface area (Å²) in [5, 5.41) is 6.68. The van der Waals surface area contributed by atoms with Crippen molar-refractivity contribution in [2.45, 2.75) is 83.9 Å². The highest BCUT2D eigenvalue weighted by Crippen LogP contribution is 2.18. The van der Waals surface area contributed by atoms with Crippen molar-refractivity contribution < 1.29 is 9.53 Å². The average Bonchev–Trinajstić information content (AvgIpc) is 2.48. The Hall–Kier alpha value is -0.810. The predicted molar refractivity (Wildman–Crippen MR) is 95.8 cm³/mol. The van der Waals surface area contributed by atoms with Crippen LogP contribution in [0.5, 0.6) is 0 Å². The van der Waals surface area contributed by atoms with E-state index in [1.54, 1.807) is 0 Å². The van der Waals surface area contributed by atoms with Gasteiger partial charge in [0.2, 0.25) is 0 Å². The van der Waals surface area contributed by atoms with E-state index in [9.17, 15) is 4.79 Å². The van der Waals surface area contributed by atoms with Gasteiger partial charge in [0.1, 0.15) is 5.60 Å². The van der Waals surface area contributed by atoms with Crippen LogP contribution in [0.4, 0.5) is 4.79 Å². The number of hydrogen-bond acceptors (Lipinski definition) is 4. The molecule has 5 heteroatoms. The maximum Gasteiger partial charge on any atom is 0.407 e. The Balaban J connectivity index is 2.51. The SMILES string of the molecule is CCC(CC)(CNC(=O)OC(C)(C)C)NCC1CCCCN1C. The predicted octanol–water partition coefficient (Wildman–Crippen LogP) is 3.14. The summed E-state index contributed by atoms with van der Waals surface area (Å²) < 4.78 is 5.35. The second kappa shape index (κ2) is 8.88. The van der Waals surface area contributed by atoms with Crippen molar-refractivity contribution in [2.75, 3.05) is 26.7 Å². The largest absolute Gasteiger partial charge is 0.444 e. The van der Waals surface area contributed by atoms with Crippen LogP contribution < -0.4 is 10.6 Å². The molecular weight excluding hydrogens is 290 g/mol. The Labute approximate surface area is 142 Å². The van der Waals surface area contributed by atoms with Gasteiger partial charge in [-0.15, -0.1) is 0 Å². The van der Waals surface area contributed by atoms with Gasteiger partial charge >= 0.3 is 6.09 Å². The summed E-state index contributed by atoms with van der Waals surface area (Å²) in [7, 11) is 2.21. The molecule has 1 amide bonds. The molecule has 0 aliphatic carbocycles. The molecule has 1 unspecified atom stereocenters. The van der Waals surface area contributed by atoms with Gasteiger partial charge in [-0.3, -0.25) is 0 Å². The first kappa shape index (κ1) is 20.2. The molecule has 1 aliphatic heterocycles. The number of rotatable bonds is 7. The van der Waals surface area contributed by atoms with E-state index in [2.05, 4.69) is 36.4 Å². The maximum absolute atomic E-state index is 11.9. The number of alkyl carbamates (subject to hydrolysis) is 1. The molecular formula is C18H37N3O2. The monoisotopic (exact) mass is 327 g/mol. The summed E-state index contributed by atoms with van der Waals surface area (Å²) in [6.07, 6.45) is 5.51. The van der Waals surface area contributed by atoms with Gasteiger partial charge in [0.15, 0.2) is 0 Å². The lowest BCUT2D eigenvalue weighted by Gasteiger charge is -2.38. The minimum atomic E-state index is -0.455. The number of likely N-dealkylation sites (tertiary alicyclic amines) is 1. The molecule has 1 aliphatic rings. The summed E-state index contributed by atoms with van der Waals surface area (Å²) in [4.78, 5) is 14.4. The van der Waals surface area contributed by atoms with Gasteiger partial charge in [-0.2, -0.15) is 0 Å². The Morgan fingerprint density at radius 3 is 2.39 bits per heavy atom. The summed E-state index contributed by atoms with van der Waals surface area (Å²) in [6, 6.07) is 0.600. The summed E-state index contributed by atoms with van der Waals surface area (Å²) >= 11 is 0. The van der Waals surface area contributed by atoms with Gasteiger partial charge in [0.05, 0.1) is 0 Å². The van der Waals surface area contributed by atoms with Crippen molar-refractivity contribution in [3.8, 4) is 0 Å². The standard InChI is InChI=1S/C18H37N3O2/c1-7-18(8-2,14-19-16(22)23-17(3,4)5)20-13-15-11-9-10-12-21(15)6/h15,20H,7-14H2,1-6H3,(H,19,22). The lowest BCUT2D eigenvalue weighted by Crippen LogP contribution is -2.57. The molecule has 0 bridgehead atoms. The molecule has 2 N–H and O–H groups in total. The number of hydrogen-bond donors (Lipinski definition) is 2. The highest BCUT2D eigenvalue weighted by Gasteiger charge is 2.29. The minimum absolute atomic E-state index is 0.0603. The van der Waals surface area contributed by atoms with Crippen LogP contribution in [-0.2, 0) is 4.74 Å². The van der Waals surface area contributed by atoms with E-state index in [4.69, 9.17) is 4.74 Å². The Kier molecular flexibility index (Phi) is 7.81. The van der Waals surface area contributed by atoms with E-state index < -0.39 is 5.60 Å². The maximum atomic E-state index is 11.9. The third-order valence-corrected chi connectivity index (χ3v) is 4.96. The molecule has 1 heterocycles. The van der Waals surface area contributed by atoms with Crippen LogP contribution in [0.1, 0.15) is 66.7 Å². The fourth-order valence-corrected chi connectivity index (χ4v) is 3.10. The van der Waals surface area contributed by atoms with Crippen molar-refractivity contribution in [1.82, 2.24) is 15.5 Å². The molecule has 0 radical (unpaired) electrons. The zero-order valence-corrected chi connectivity index (χ0v) is 16.0. The first-order valence-electron chi connectivity index (χ1n) is 9.13. The number of likely N-dealkylation sites (N-methyl/N-ethyl adjacent to an activating group) is 1. The number of carbonyl (C=O) groups is 1. The zero-order chi connectivity index (χ0) is 17.5. The topological polar surface area (TPSA) is 53.6 Å². The van der Waals surface area contributed by atoms with Crippen molar-refractivity contribution in [1.29, 1.82) is 0 Å². The number of piperidine rings is 1. The van der Waals surface area contributed by atoms with Gasteiger partial charge in [0, 0.05) is 24.7 Å². The molecule has 0 aromatic rings. The molecule has 0 saturated carbocycles. The van der Waals surface area contributed by atoms with Crippen LogP contribution in [0.15, 0.2) is 0 Å². The smallest absolute Gasteiger partial charge is 0.407 e. The van der Waals surface area contributed by atoms with Gasteiger partial charge in [0.25, 0.3) is 0 Å². The van der Waals surface area contributed by atoms with Crippen LogP contribution in [-0.4, -0.2) is 54.9 Å². The zero-order valence-electron chi connectivity index (χ0n) is 16.0. The van der Waals surface area contributed by atoms with Crippen LogP contribution in [0.3, 0.4) is 0 Å². The van der Waals surface area contributed by atoms with Gasteiger partial charge in [-0.25, -0.2) is 4.79 Å². The second-order valence-electron chi connectivity index (χ2n) is 7.85. The molecule has 0 spiro atoms. The van der Waals surface area contributed by atoms with Crippen molar-refractivity contribution >= 4 is 6.09 Å². The molecule has 136 valence electrons. The van der Waals surface area contributed by atoms with Crippen LogP contribution in [0.2, 0.25) is 0 Å². The molecule has 1 saturated heterocycles. The summed E-state index contributed by atoms with van der Waals surface area (Å²) in [5.74, 6) is 0. The fourth-order valence-electron chi connectivity index (χ4n) is 3.10. The van der Waals surface area contributed by atoms with E-state index in [0.717, 1.165) is 19.4 Å². The van der Waals surface area contributed by atoms with E-state index in [-0.39, 0.29) is 11.6 Å².